The van der Waals surface area contributed by atoms with Crippen LogP contribution in [0.1, 0.15) is 32.0 Å². The molecule has 0 atom stereocenters. The summed E-state index contributed by atoms with van der Waals surface area (Å²) < 4.78 is 52.0. The summed E-state index contributed by atoms with van der Waals surface area (Å²) in [5, 5.41) is 0. The zero-order chi connectivity index (χ0) is 22.1. The van der Waals surface area contributed by atoms with Crippen LogP contribution in [0.5, 0.6) is 5.75 Å². The number of benzene rings is 1. The number of nitrogens with zero attached hydrogens (tertiary/aromatic N) is 2. The lowest BCUT2D eigenvalue weighted by Crippen LogP contribution is -2.40. The second kappa shape index (κ2) is 8.10. The van der Waals surface area contributed by atoms with Crippen LogP contribution >= 0.6 is 0 Å². The van der Waals surface area contributed by atoms with Crippen molar-refractivity contribution in [3.63, 3.8) is 0 Å². The summed E-state index contributed by atoms with van der Waals surface area (Å²) in [4.78, 5) is 17.9. The maximum Gasteiger partial charge on any atom is 0.410 e. The number of carbonyl (C=O) groups excluding carboxylic acids is 1. The van der Waals surface area contributed by atoms with Crippen LogP contribution in [-0.2, 0) is 27.7 Å². The maximum atomic E-state index is 13.6. The van der Waals surface area contributed by atoms with E-state index in [-0.39, 0.29) is 22.9 Å². The molecule has 0 fully saturated rings. The Morgan fingerprint density at radius 3 is 2.67 bits per heavy atom. The predicted octanol–water partition coefficient (Wildman–Crippen LogP) is 3.32. The number of anilines is 1. The minimum atomic E-state index is -4.12. The zero-order valence-corrected chi connectivity index (χ0v) is 18.0. The van der Waals surface area contributed by atoms with Crippen LogP contribution in [0.4, 0.5) is 14.9 Å². The summed E-state index contributed by atoms with van der Waals surface area (Å²) >= 11 is 0. The second-order valence-corrected chi connectivity index (χ2v) is 9.53. The number of pyridine rings is 1. The molecular weight excluding hydrogens is 413 g/mol. The van der Waals surface area contributed by atoms with Gasteiger partial charge in [-0.25, -0.2) is 17.6 Å². The van der Waals surface area contributed by atoms with E-state index in [1.807, 2.05) is 0 Å². The van der Waals surface area contributed by atoms with Gasteiger partial charge in [0, 0.05) is 18.7 Å². The number of hydrogen-bond donors (Lipinski definition) is 1. The number of carbonyl (C=O) groups is 1. The Kier molecular flexibility index (Phi) is 5.89. The highest BCUT2D eigenvalue weighted by Gasteiger charge is 2.27. The van der Waals surface area contributed by atoms with E-state index >= 15 is 0 Å². The lowest BCUT2D eigenvalue weighted by atomic mass is 10.1. The number of methoxy groups -OCH3 is 1. The lowest BCUT2D eigenvalue weighted by Gasteiger charge is -2.31. The number of amides is 1. The van der Waals surface area contributed by atoms with Gasteiger partial charge in [0.15, 0.2) is 0 Å². The zero-order valence-electron chi connectivity index (χ0n) is 17.2. The van der Waals surface area contributed by atoms with Gasteiger partial charge in [-0.2, -0.15) is 0 Å². The molecule has 0 saturated heterocycles. The minimum absolute atomic E-state index is 0.0194. The van der Waals surface area contributed by atoms with E-state index < -0.39 is 27.5 Å². The van der Waals surface area contributed by atoms with Gasteiger partial charge in [-0.3, -0.25) is 9.71 Å². The fourth-order valence-corrected chi connectivity index (χ4v) is 4.25. The van der Waals surface area contributed by atoms with E-state index in [4.69, 9.17) is 9.47 Å². The number of rotatable bonds is 4. The molecule has 2 heterocycles. The van der Waals surface area contributed by atoms with Crippen LogP contribution in [0.3, 0.4) is 0 Å². The summed E-state index contributed by atoms with van der Waals surface area (Å²) in [6.45, 7) is 6.07. The van der Waals surface area contributed by atoms with Crippen LogP contribution in [0.15, 0.2) is 35.4 Å². The van der Waals surface area contributed by atoms with Crippen molar-refractivity contribution in [2.75, 3.05) is 18.4 Å². The minimum Gasteiger partial charge on any atom is -0.495 e. The van der Waals surface area contributed by atoms with E-state index in [9.17, 15) is 17.6 Å². The fourth-order valence-electron chi connectivity index (χ4n) is 3.04. The lowest BCUT2D eigenvalue weighted by molar-refractivity contribution is 0.0222. The summed E-state index contributed by atoms with van der Waals surface area (Å²) in [6.07, 6.45) is 1.48. The Morgan fingerprint density at radius 2 is 2.00 bits per heavy atom. The van der Waals surface area contributed by atoms with Crippen molar-refractivity contribution in [2.45, 2.75) is 44.2 Å². The van der Waals surface area contributed by atoms with E-state index in [2.05, 4.69) is 9.71 Å². The average Bonchev–Trinajstić information content (AvgIpc) is 2.65. The van der Waals surface area contributed by atoms with Crippen molar-refractivity contribution >= 4 is 21.8 Å². The highest BCUT2D eigenvalue weighted by molar-refractivity contribution is 7.92. The average molecular weight is 437 g/mol. The van der Waals surface area contributed by atoms with Gasteiger partial charge in [0.2, 0.25) is 0 Å². The molecule has 0 radical (unpaired) electrons. The first-order chi connectivity index (χ1) is 14.0. The first kappa shape index (κ1) is 21.8. The van der Waals surface area contributed by atoms with Crippen molar-refractivity contribution in [1.82, 2.24) is 9.88 Å². The van der Waals surface area contributed by atoms with Gasteiger partial charge < -0.3 is 14.4 Å². The van der Waals surface area contributed by atoms with Gasteiger partial charge in [0.25, 0.3) is 10.0 Å². The quantitative estimate of drug-likeness (QED) is 0.788. The molecule has 1 aromatic heterocycles. The van der Waals surface area contributed by atoms with Crippen LogP contribution < -0.4 is 9.46 Å². The molecule has 1 aliphatic rings. The maximum absolute atomic E-state index is 13.6. The van der Waals surface area contributed by atoms with E-state index in [0.717, 1.165) is 17.8 Å². The number of fused-ring (bicyclic) bond motifs is 1. The summed E-state index contributed by atoms with van der Waals surface area (Å²) in [7, 11) is -2.82. The first-order valence-corrected chi connectivity index (χ1v) is 10.8. The molecule has 1 aromatic carbocycles. The molecule has 10 heteroatoms. The molecule has 162 valence electrons. The van der Waals surface area contributed by atoms with Gasteiger partial charge in [0.1, 0.15) is 22.1 Å². The van der Waals surface area contributed by atoms with Gasteiger partial charge >= 0.3 is 6.09 Å². The predicted molar refractivity (Wildman–Crippen MR) is 108 cm³/mol. The third kappa shape index (κ3) is 4.99. The molecule has 0 aliphatic carbocycles. The summed E-state index contributed by atoms with van der Waals surface area (Å²) in [5.41, 5.74) is 1.07. The summed E-state index contributed by atoms with van der Waals surface area (Å²) in [6, 6.07) is 4.86. The number of halogens is 1. The smallest absolute Gasteiger partial charge is 0.410 e. The third-order valence-corrected chi connectivity index (χ3v) is 5.76. The fraction of sp³-hybridized carbons (Fsp3) is 0.400. The topological polar surface area (TPSA) is 97.8 Å². The molecule has 0 spiro atoms. The van der Waals surface area contributed by atoms with Crippen LogP contribution in [0, 0.1) is 5.82 Å². The van der Waals surface area contributed by atoms with Crippen molar-refractivity contribution in [3.05, 3.63) is 47.5 Å². The standard InChI is InChI=1S/C20H24FN3O5S/c1-20(2,3)29-19(25)24-8-7-16-13(12-24)9-15(11-22-16)23-30(26,27)18-10-14(21)5-6-17(18)28-4/h5-6,9-11,23H,7-8,12H2,1-4H3. The third-order valence-electron chi connectivity index (χ3n) is 4.36. The molecule has 1 amide bonds. The van der Waals surface area contributed by atoms with E-state index in [1.54, 1.807) is 31.7 Å². The summed E-state index contributed by atoms with van der Waals surface area (Å²) in [5.74, 6) is -0.682. The van der Waals surface area contributed by atoms with Crippen LogP contribution in [0.25, 0.3) is 0 Å². The number of hydrogen-bond acceptors (Lipinski definition) is 6. The van der Waals surface area contributed by atoms with Crippen LogP contribution in [-0.4, -0.2) is 43.7 Å². The monoisotopic (exact) mass is 437 g/mol. The molecule has 2 aromatic rings. The largest absolute Gasteiger partial charge is 0.495 e. The molecule has 30 heavy (non-hydrogen) atoms. The number of aromatic nitrogens is 1. The van der Waals surface area contributed by atoms with E-state index in [1.165, 1.54) is 19.4 Å². The van der Waals surface area contributed by atoms with E-state index in [0.29, 0.717) is 18.5 Å². The molecule has 0 saturated carbocycles. The van der Waals surface area contributed by atoms with Gasteiger partial charge in [-0.05, 0) is 50.6 Å². The number of sulfonamides is 1. The highest BCUT2D eigenvalue weighted by Crippen LogP contribution is 2.28. The van der Waals surface area contributed by atoms with Gasteiger partial charge in [-0.15, -0.1) is 0 Å². The van der Waals surface area contributed by atoms with Crippen molar-refractivity contribution in [2.24, 2.45) is 0 Å². The Labute approximate surface area is 175 Å². The Morgan fingerprint density at radius 1 is 1.27 bits per heavy atom. The van der Waals surface area contributed by atoms with Gasteiger partial charge in [-0.1, -0.05) is 0 Å². The molecular formula is C20H24FN3O5S. The first-order valence-electron chi connectivity index (χ1n) is 9.30. The Bertz CT molecular complexity index is 1070. The van der Waals surface area contributed by atoms with Crippen LogP contribution in [0.2, 0.25) is 0 Å². The van der Waals surface area contributed by atoms with Crippen molar-refractivity contribution in [1.29, 1.82) is 0 Å². The Balaban J connectivity index is 1.83. The highest BCUT2D eigenvalue weighted by atomic mass is 32.2. The number of ether oxygens (including phenoxy) is 2. The second-order valence-electron chi connectivity index (χ2n) is 7.88. The SMILES string of the molecule is COc1ccc(F)cc1S(=O)(=O)Nc1cnc2c(c1)CN(C(=O)OC(C)(C)C)CC2. The molecule has 3 rings (SSSR count). The Hall–Kier alpha value is -2.88. The molecule has 1 N–H and O–H groups in total. The van der Waals surface area contributed by atoms with Gasteiger partial charge in [0.05, 0.1) is 25.5 Å². The molecule has 0 unspecified atom stereocenters. The molecule has 8 nitrogen and oxygen atoms in total. The normalized spacial score (nSPS) is 14.1. The number of nitrogens with one attached hydrogen (secondary N) is 1. The van der Waals surface area contributed by atoms with Crippen molar-refractivity contribution in [3.8, 4) is 5.75 Å². The molecule has 0 bridgehead atoms. The van der Waals surface area contributed by atoms with Crippen molar-refractivity contribution < 1.29 is 27.1 Å². The molecule has 1 aliphatic heterocycles.